The molecule has 1 N–H and O–H groups in total. The third kappa shape index (κ3) is 9.21. The Kier molecular flexibility index (Phi) is 9.54. The molecule has 0 spiro atoms. The third-order valence-corrected chi connectivity index (χ3v) is 1.71. The molecule has 0 aromatic rings. The normalized spacial score (nSPS) is 10.4. The highest BCUT2D eigenvalue weighted by Crippen LogP contribution is 2.02. The minimum Gasteiger partial charge on any atom is -0.355 e. The molecular formula is C10H19NO. The van der Waals surface area contributed by atoms with Crippen LogP contribution in [-0.2, 0) is 4.79 Å². The molecule has 0 saturated heterocycles. The summed E-state index contributed by atoms with van der Waals surface area (Å²) in [7, 11) is 0. The van der Waals surface area contributed by atoms with E-state index in [0.717, 1.165) is 12.8 Å². The first-order valence-corrected chi connectivity index (χ1v) is 4.73. The van der Waals surface area contributed by atoms with Gasteiger partial charge in [-0.25, -0.2) is 0 Å². The zero-order valence-corrected chi connectivity index (χ0v) is 7.88. The van der Waals surface area contributed by atoms with Gasteiger partial charge in [0.25, 0.3) is 0 Å². The second-order valence-electron chi connectivity index (χ2n) is 2.85. The van der Waals surface area contributed by atoms with Crippen molar-refractivity contribution >= 4 is 6.41 Å². The Morgan fingerprint density at radius 1 is 1.17 bits per heavy atom. The lowest BCUT2D eigenvalue weighted by molar-refractivity contribution is -0.109. The van der Waals surface area contributed by atoms with Crippen molar-refractivity contribution < 1.29 is 4.79 Å². The van der Waals surface area contributed by atoms with Gasteiger partial charge in [0, 0.05) is 6.54 Å². The van der Waals surface area contributed by atoms with Crippen LogP contribution in [0.2, 0.25) is 0 Å². The summed E-state index contributed by atoms with van der Waals surface area (Å²) < 4.78 is 0. The SMILES string of the molecule is CCCCCCC=CCNC=O. The largest absolute Gasteiger partial charge is 0.355 e. The predicted molar refractivity (Wildman–Crippen MR) is 52.0 cm³/mol. The average molecular weight is 169 g/mol. The first-order chi connectivity index (χ1) is 5.91. The first kappa shape index (κ1) is 11.2. The van der Waals surface area contributed by atoms with Crippen molar-refractivity contribution in [1.82, 2.24) is 5.32 Å². The zero-order chi connectivity index (χ0) is 9.07. The van der Waals surface area contributed by atoms with Crippen LogP contribution < -0.4 is 5.32 Å². The molecule has 12 heavy (non-hydrogen) atoms. The fraction of sp³-hybridized carbons (Fsp3) is 0.700. The average Bonchev–Trinajstić information content (AvgIpc) is 2.10. The molecule has 0 aliphatic heterocycles. The van der Waals surface area contributed by atoms with E-state index in [2.05, 4.69) is 18.3 Å². The molecular weight excluding hydrogens is 150 g/mol. The van der Waals surface area contributed by atoms with E-state index in [4.69, 9.17) is 0 Å². The van der Waals surface area contributed by atoms with Crippen molar-refractivity contribution in [2.24, 2.45) is 0 Å². The van der Waals surface area contributed by atoms with Gasteiger partial charge in [-0.3, -0.25) is 4.79 Å². The summed E-state index contributed by atoms with van der Waals surface area (Å²) in [6.45, 7) is 2.88. The topological polar surface area (TPSA) is 29.1 Å². The summed E-state index contributed by atoms with van der Waals surface area (Å²) >= 11 is 0. The van der Waals surface area contributed by atoms with Crippen molar-refractivity contribution in [3.05, 3.63) is 12.2 Å². The lowest BCUT2D eigenvalue weighted by Crippen LogP contribution is -2.09. The Morgan fingerprint density at radius 3 is 2.67 bits per heavy atom. The van der Waals surface area contributed by atoms with E-state index in [1.54, 1.807) is 0 Å². The molecule has 0 saturated carbocycles. The number of unbranched alkanes of at least 4 members (excludes halogenated alkanes) is 4. The van der Waals surface area contributed by atoms with E-state index in [-0.39, 0.29) is 0 Å². The Labute approximate surface area is 75.0 Å². The summed E-state index contributed by atoms with van der Waals surface area (Å²) in [5.74, 6) is 0. The van der Waals surface area contributed by atoms with Crippen molar-refractivity contribution in [2.75, 3.05) is 6.54 Å². The quantitative estimate of drug-likeness (QED) is 0.337. The Morgan fingerprint density at radius 2 is 2.00 bits per heavy atom. The van der Waals surface area contributed by atoms with Crippen molar-refractivity contribution in [2.45, 2.75) is 39.0 Å². The van der Waals surface area contributed by atoms with Gasteiger partial charge in [0.2, 0.25) is 6.41 Å². The molecule has 0 rings (SSSR count). The maximum Gasteiger partial charge on any atom is 0.207 e. The molecule has 1 amide bonds. The molecule has 0 aromatic heterocycles. The van der Waals surface area contributed by atoms with E-state index < -0.39 is 0 Å². The van der Waals surface area contributed by atoms with Gasteiger partial charge in [-0.2, -0.15) is 0 Å². The van der Waals surface area contributed by atoms with Crippen LogP contribution in [-0.4, -0.2) is 13.0 Å². The molecule has 0 aromatic carbocycles. The minimum absolute atomic E-state index is 0.664. The Hall–Kier alpha value is -0.790. The highest BCUT2D eigenvalue weighted by atomic mass is 16.1. The Bertz CT molecular complexity index is 121. The number of hydrogen-bond acceptors (Lipinski definition) is 1. The van der Waals surface area contributed by atoms with Gasteiger partial charge < -0.3 is 5.32 Å². The molecule has 70 valence electrons. The van der Waals surface area contributed by atoms with Crippen molar-refractivity contribution in [1.29, 1.82) is 0 Å². The number of nitrogens with one attached hydrogen (secondary N) is 1. The number of carbonyl (C=O) groups is 1. The van der Waals surface area contributed by atoms with Crippen LogP contribution in [0.5, 0.6) is 0 Å². The molecule has 0 radical (unpaired) electrons. The molecule has 0 heterocycles. The summed E-state index contributed by atoms with van der Waals surface area (Å²) in [5.41, 5.74) is 0. The fourth-order valence-electron chi connectivity index (χ4n) is 1.01. The van der Waals surface area contributed by atoms with E-state index >= 15 is 0 Å². The first-order valence-electron chi connectivity index (χ1n) is 4.73. The summed E-state index contributed by atoms with van der Waals surface area (Å²) in [6.07, 6.45) is 11.2. The van der Waals surface area contributed by atoms with E-state index in [1.807, 2.05) is 6.08 Å². The summed E-state index contributed by atoms with van der Waals surface area (Å²) in [6, 6.07) is 0. The van der Waals surface area contributed by atoms with Crippen LogP contribution in [0.3, 0.4) is 0 Å². The van der Waals surface area contributed by atoms with Crippen molar-refractivity contribution in [3.8, 4) is 0 Å². The fourth-order valence-corrected chi connectivity index (χ4v) is 1.01. The maximum absolute atomic E-state index is 9.83. The van der Waals surface area contributed by atoms with Gasteiger partial charge in [0.15, 0.2) is 0 Å². The smallest absolute Gasteiger partial charge is 0.207 e. The van der Waals surface area contributed by atoms with E-state index in [9.17, 15) is 4.79 Å². The van der Waals surface area contributed by atoms with Gasteiger partial charge in [-0.15, -0.1) is 0 Å². The highest BCUT2D eigenvalue weighted by molar-refractivity contribution is 5.46. The van der Waals surface area contributed by atoms with Gasteiger partial charge in [-0.1, -0.05) is 38.3 Å². The highest BCUT2D eigenvalue weighted by Gasteiger charge is 1.83. The molecule has 2 nitrogen and oxygen atoms in total. The number of carbonyl (C=O) groups excluding carboxylic acids is 1. The van der Waals surface area contributed by atoms with Gasteiger partial charge in [0.05, 0.1) is 0 Å². The van der Waals surface area contributed by atoms with Gasteiger partial charge in [0.1, 0.15) is 0 Å². The molecule has 0 unspecified atom stereocenters. The van der Waals surface area contributed by atoms with Crippen LogP contribution in [0, 0.1) is 0 Å². The Balaban J connectivity index is 2.97. The van der Waals surface area contributed by atoms with Crippen LogP contribution in [0.15, 0.2) is 12.2 Å². The predicted octanol–water partition coefficient (Wildman–Crippen LogP) is 2.26. The third-order valence-electron chi connectivity index (χ3n) is 1.71. The number of amides is 1. The zero-order valence-electron chi connectivity index (χ0n) is 7.88. The molecule has 0 aliphatic carbocycles. The van der Waals surface area contributed by atoms with Crippen LogP contribution in [0.25, 0.3) is 0 Å². The lowest BCUT2D eigenvalue weighted by atomic mass is 10.1. The number of allylic oxidation sites excluding steroid dienone is 1. The lowest BCUT2D eigenvalue weighted by Gasteiger charge is -1.94. The van der Waals surface area contributed by atoms with Gasteiger partial charge >= 0.3 is 0 Å². The van der Waals surface area contributed by atoms with Crippen LogP contribution in [0.1, 0.15) is 39.0 Å². The monoisotopic (exact) mass is 169 g/mol. The standard InChI is InChI=1S/C10H19NO/c1-2-3-4-5-6-7-8-9-11-10-12/h7-8,10H,2-6,9H2,1H3,(H,11,12). The van der Waals surface area contributed by atoms with E-state index in [0.29, 0.717) is 6.54 Å². The van der Waals surface area contributed by atoms with Crippen molar-refractivity contribution in [3.63, 3.8) is 0 Å². The number of hydrogen-bond donors (Lipinski definition) is 1. The molecule has 0 atom stereocenters. The van der Waals surface area contributed by atoms with Gasteiger partial charge in [-0.05, 0) is 12.8 Å². The van der Waals surface area contributed by atoms with Crippen LogP contribution >= 0.6 is 0 Å². The molecule has 0 aliphatic rings. The minimum atomic E-state index is 0.664. The summed E-state index contributed by atoms with van der Waals surface area (Å²) in [4.78, 5) is 9.83. The summed E-state index contributed by atoms with van der Waals surface area (Å²) in [5, 5.41) is 2.58. The maximum atomic E-state index is 9.83. The number of rotatable bonds is 8. The second kappa shape index (κ2) is 10.2. The van der Waals surface area contributed by atoms with Crippen LogP contribution in [0.4, 0.5) is 0 Å². The van der Waals surface area contributed by atoms with E-state index in [1.165, 1.54) is 25.7 Å². The second-order valence-corrected chi connectivity index (χ2v) is 2.85. The molecule has 0 fully saturated rings. The molecule has 2 heteroatoms. The molecule has 0 bridgehead atoms.